The highest BCUT2D eigenvalue weighted by atomic mass is 16.5. The van der Waals surface area contributed by atoms with Gasteiger partial charge in [-0.2, -0.15) is 4.98 Å². The van der Waals surface area contributed by atoms with Crippen LogP contribution in [0.15, 0.2) is 4.52 Å². The number of hydrogen-bond donors (Lipinski definition) is 1. The van der Waals surface area contributed by atoms with Gasteiger partial charge in [-0.3, -0.25) is 9.69 Å². The highest BCUT2D eigenvalue weighted by Crippen LogP contribution is 2.26. The second-order valence-electron chi connectivity index (χ2n) is 6.81. The predicted molar refractivity (Wildman–Crippen MR) is 81.8 cm³/mol. The molecule has 3 rings (SSSR count). The Kier molecular flexibility index (Phi) is 4.09. The lowest BCUT2D eigenvalue weighted by molar-refractivity contribution is -0.130. The number of aromatic nitrogens is 2. The molecule has 2 fully saturated rings. The largest absolute Gasteiger partial charge is 0.339 e. The molecule has 3 amide bonds. The molecule has 2 aliphatic heterocycles. The maximum Gasteiger partial charge on any atom is 0.325 e. The lowest BCUT2D eigenvalue weighted by Crippen LogP contribution is -2.43. The number of hydrogen-bond acceptors (Lipinski definition) is 6. The van der Waals surface area contributed by atoms with E-state index in [0.29, 0.717) is 24.8 Å². The van der Waals surface area contributed by atoms with Gasteiger partial charge in [-0.05, 0) is 46.7 Å². The van der Waals surface area contributed by atoms with E-state index in [-0.39, 0.29) is 11.9 Å². The Morgan fingerprint density at radius 2 is 1.96 bits per heavy atom. The van der Waals surface area contributed by atoms with Crippen molar-refractivity contribution in [1.82, 2.24) is 25.3 Å². The van der Waals surface area contributed by atoms with Gasteiger partial charge in [-0.1, -0.05) is 5.16 Å². The molecule has 0 aliphatic carbocycles. The summed E-state index contributed by atoms with van der Waals surface area (Å²) in [6.07, 6.45) is 1.90. The summed E-state index contributed by atoms with van der Waals surface area (Å²) in [5.41, 5.74) is -0.792. The lowest BCUT2D eigenvalue weighted by Gasteiger charge is -2.31. The lowest BCUT2D eigenvalue weighted by atomic mass is 9.97. The van der Waals surface area contributed by atoms with Crippen molar-refractivity contribution < 1.29 is 14.1 Å². The molecular formula is C15H23N5O3. The molecule has 0 atom stereocenters. The average molecular weight is 321 g/mol. The summed E-state index contributed by atoms with van der Waals surface area (Å²) in [5, 5.41) is 6.54. The van der Waals surface area contributed by atoms with E-state index in [1.807, 2.05) is 6.92 Å². The summed E-state index contributed by atoms with van der Waals surface area (Å²) in [5.74, 6) is 1.54. The summed E-state index contributed by atoms with van der Waals surface area (Å²) < 4.78 is 5.25. The fourth-order valence-corrected chi connectivity index (χ4v) is 3.14. The molecule has 0 aromatic carbocycles. The Labute approximate surface area is 135 Å². The Morgan fingerprint density at radius 3 is 2.48 bits per heavy atom. The Balaban J connectivity index is 1.48. The fraction of sp³-hybridized carbons (Fsp3) is 0.733. The molecule has 0 radical (unpaired) electrons. The number of urea groups is 1. The van der Waals surface area contributed by atoms with Crippen molar-refractivity contribution in [3.05, 3.63) is 11.7 Å². The van der Waals surface area contributed by atoms with Gasteiger partial charge in [0.25, 0.3) is 5.91 Å². The molecule has 0 unspecified atom stereocenters. The third-order valence-corrected chi connectivity index (χ3v) is 4.56. The maximum absolute atomic E-state index is 12.1. The smallest absolute Gasteiger partial charge is 0.325 e. The topological polar surface area (TPSA) is 91.6 Å². The second kappa shape index (κ2) is 5.92. The average Bonchev–Trinajstić information content (AvgIpc) is 3.01. The number of imide groups is 1. The predicted octanol–water partition coefficient (Wildman–Crippen LogP) is 0.888. The van der Waals surface area contributed by atoms with E-state index in [4.69, 9.17) is 4.52 Å². The summed E-state index contributed by atoms with van der Waals surface area (Å²) in [6.45, 7) is 8.21. The standard InChI is InChI=1S/C15H23N5O3/c1-10-16-12(23-18-10)11-4-6-19(7-5-11)8-9-20-13(21)15(2,3)17-14(20)22/h11H,4-9H2,1-3H3,(H,17,22). The Bertz CT molecular complexity index is 604. The maximum atomic E-state index is 12.1. The van der Waals surface area contributed by atoms with E-state index in [2.05, 4.69) is 20.4 Å². The molecule has 3 heterocycles. The van der Waals surface area contributed by atoms with Crippen LogP contribution >= 0.6 is 0 Å². The summed E-state index contributed by atoms with van der Waals surface area (Å²) in [4.78, 5) is 31.9. The first-order chi connectivity index (χ1) is 10.9. The van der Waals surface area contributed by atoms with Crippen molar-refractivity contribution in [3.63, 3.8) is 0 Å². The molecule has 23 heavy (non-hydrogen) atoms. The molecule has 1 aromatic heterocycles. The number of aryl methyl sites for hydroxylation is 1. The van der Waals surface area contributed by atoms with Crippen LogP contribution in [-0.2, 0) is 4.79 Å². The van der Waals surface area contributed by atoms with Gasteiger partial charge in [0.2, 0.25) is 5.89 Å². The quantitative estimate of drug-likeness (QED) is 0.828. The van der Waals surface area contributed by atoms with Crippen molar-refractivity contribution in [1.29, 1.82) is 0 Å². The summed E-state index contributed by atoms with van der Waals surface area (Å²) >= 11 is 0. The molecule has 126 valence electrons. The van der Waals surface area contributed by atoms with Crippen LogP contribution in [0, 0.1) is 6.92 Å². The van der Waals surface area contributed by atoms with Crippen LogP contribution in [0.25, 0.3) is 0 Å². The van der Waals surface area contributed by atoms with E-state index in [0.717, 1.165) is 31.8 Å². The fourth-order valence-electron chi connectivity index (χ4n) is 3.14. The van der Waals surface area contributed by atoms with Gasteiger partial charge in [-0.15, -0.1) is 0 Å². The molecule has 2 aliphatic rings. The van der Waals surface area contributed by atoms with Crippen LogP contribution in [0.2, 0.25) is 0 Å². The van der Waals surface area contributed by atoms with E-state index < -0.39 is 5.54 Å². The van der Waals surface area contributed by atoms with E-state index in [1.54, 1.807) is 13.8 Å². The SMILES string of the molecule is Cc1noc(C2CCN(CCN3C(=O)NC(C)(C)C3=O)CC2)n1. The molecule has 0 saturated carbocycles. The first-order valence-electron chi connectivity index (χ1n) is 8.03. The highest BCUT2D eigenvalue weighted by molar-refractivity contribution is 6.06. The number of nitrogens with zero attached hydrogens (tertiary/aromatic N) is 4. The van der Waals surface area contributed by atoms with Crippen molar-refractivity contribution in [2.24, 2.45) is 0 Å². The third kappa shape index (κ3) is 3.21. The first kappa shape index (κ1) is 15.9. The van der Waals surface area contributed by atoms with Crippen molar-refractivity contribution in [2.75, 3.05) is 26.2 Å². The highest BCUT2D eigenvalue weighted by Gasteiger charge is 2.44. The van der Waals surface area contributed by atoms with Crippen LogP contribution in [0.5, 0.6) is 0 Å². The zero-order valence-electron chi connectivity index (χ0n) is 13.8. The van der Waals surface area contributed by atoms with E-state index in [1.165, 1.54) is 4.90 Å². The van der Waals surface area contributed by atoms with Gasteiger partial charge in [0.1, 0.15) is 5.54 Å². The second-order valence-corrected chi connectivity index (χ2v) is 6.81. The zero-order chi connectivity index (χ0) is 16.6. The molecule has 0 spiro atoms. The van der Waals surface area contributed by atoms with E-state index >= 15 is 0 Å². The van der Waals surface area contributed by atoms with Gasteiger partial charge in [0, 0.05) is 19.0 Å². The summed E-state index contributed by atoms with van der Waals surface area (Å²) in [6, 6.07) is -0.295. The van der Waals surface area contributed by atoms with Gasteiger partial charge < -0.3 is 14.7 Å². The minimum atomic E-state index is -0.792. The van der Waals surface area contributed by atoms with Crippen LogP contribution in [0.1, 0.15) is 44.3 Å². The van der Waals surface area contributed by atoms with Crippen molar-refractivity contribution >= 4 is 11.9 Å². The van der Waals surface area contributed by atoms with Crippen LogP contribution in [0.3, 0.4) is 0 Å². The van der Waals surface area contributed by atoms with E-state index in [9.17, 15) is 9.59 Å². The summed E-state index contributed by atoms with van der Waals surface area (Å²) in [7, 11) is 0. The van der Waals surface area contributed by atoms with Gasteiger partial charge >= 0.3 is 6.03 Å². The van der Waals surface area contributed by atoms with Crippen molar-refractivity contribution in [3.8, 4) is 0 Å². The normalized spacial score (nSPS) is 22.7. The number of piperidine rings is 1. The third-order valence-electron chi connectivity index (χ3n) is 4.56. The van der Waals surface area contributed by atoms with Crippen LogP contribution < -0.4 is 5.32 Å². The number of rotatable bonds is 4. The molecule has 2 saturated heterocycles. The zero-order valence-corrected chi connectivity index (χ0v) is 13.8. The monoisotopic (exact) mass is 321 g/mol. The van der Waals surface area contributed by atoms with Gasteiger partial charge in [0.05, 0.1) is 0 Å². The minimum absolute atomic E-state index is 0.154. The molecule has 1 N–H and O–H groups in total. The van der Waals surface area contributed by atoms with Crippen LogP contribution in [-0.4, -0.2) is 63.6 Å². The number of likely N-dealkylation sites (tertiary alicyclic amines) is 1. The van der Waals surface area contributed by atoms with Gasteiger partial charge in [-0.25, -0.2) is 4.79 Å². The number of carbonyl (C=O) groups excluding carboxylic acids is 2. The molecular weight excluding hydrogens is 298 g/mol. The number of amides is 3. The molecule has 8 nitrogen and oxygen atoms in total. The minimum Gasteiger partial charge on any atom is -0.339 e. The molecule has 1 aromatic rings. The number of carbonyl (C=O) groups is 2. The molecule has 8 heteroatoms. The van der Waals surface area contributed by atoms with Crippen LogP contribution in [0.4, 0.5) is 4.79 Å². The Hall–Kier alpha value is -1.96. The first-order valence-corrected chi connectivity index (χ1v) is 8.03. The van der Waals surface area contributed by atoms with Gasteiger partial charge in [0.15, 0.2) is 5.82 Å². The number of nitrogens with one attached hydrogen (secondary N) is 1. The Morgan fingerprint density at radius 1 is 1.26 bits per heavy atom. The van der Waals surface area contributed by atoms with Crippen molar-refractivity contribution in [2.45, 2.75) is 45.1 Å². The molecule has 0 bridgehead atoms.